The van der Waals surface area contributed by atoms with Crippen LogP contribution in [0, 0.1) is 5.92 Å². The number of nitrogens with zero attached hydrogens (tertiary/aromatic N) is 4. The lowest BCUT2D eigenvalue weighted by Crippen LogP contribution is -2.52. The first-order chi connectivity index (χ1) is 13.7. The van der Waals surface area contributed by atoms with E-state index in [1.54, 1.807) is 11.9 Å². The molecule has 1 N–H and O–H groups in total. The summed E-state index contributed by atoms with van der Waals surface area (Å²) in [6, 6.07) is 0. The molecule has 2 aliphatic heterocycles. The molecular formula is C20H37N5O4. The number of hydrogen-bond acceptors (Lipinski definition) is 6. The molecule has 0 saturated carbocycles. The van der Waals surface area contributed by atoms with Crippen molar-refractivity contribution in [1.82, 2.24) is 20.0 Å². The molecular weight excluding hydrogens is 374 g/mol. The predicted octanol–water partition coefficient (Wildman–Crippen LogP) is 1.000. The van der Waals surface area contributed by atoms with Crippen LogP contribution in [0.2, 0.25) is 0 Å². The van der Waals surface area contributed by atoms with Crippen LogP contribution < -0.4 is 5.32 Å². The van der Waals surface area contributed by atoms with Crippen LogP contribution in [0.5, 0.6) is 0 Å². The summed E-state index contributed by atoms with van der Waals surface area (Å²) in [5, 5.41) is 3.42. The summed E-state index contributed by atoms with van der Waals surface area (Å²) in [7, 11) is 3.23. The fourth-order valence-electron chi connectivity index (χ4n) is 3.63. The maximum Gasteiger partial charge on any atom is 0.410 e. The Morgan fingerprint density at radius 3 is 2.17 bits per heavy atom. The Morgan fingerprint density at radius 1 is 1.03 bits per heavy atom. The first-order valence-corrected chi connectivity index (χ1v) is 10.5. The van der Waals surface area contributed by atoms with Crippen molar-refractivity contribution in [1.29, 1.82) is 0 Å². The SMILES string of the molecule is CN=C(NCCN1CCN(C(=O)OC(C)(C)C)CC1)N1CCC(C(=O)OC)CC1. The van der Waals surface area contributed by atoms with Gasteiger partial charge in [-0.3, -0.25) is 14.7 Å². The Bertz CT molecular complexity index is 574. The lowest BCUT2D eigenvalue weighted by molar-refractivity contribution is -0.146. The van der Waals surface area contributed by atoms with Crippen molar-refractivity contribution in [2.45, 2.75) is 39.2 Å². The van der Waals surface area contributed by atoms with Gasteiger partial charge in [-0.05, 0) is 33.6 Å². The minimum atomic E-state index is -0.459. The molecule has 0 atom stereocenters. The lowest BCUT2D eigenvalue weighted by Gasteiger charge is -2.36. The quantitative estimate of drug-likeness (QED) is 0.420. The van der Waals surface area contributed by atoms with Crippen LogP contribution in [0.25, 0.3) is 0 Å². The summed E-state index contributed by atoms with van der Waals surface area (Å²) in [6.45, 7) is 12.0. The monoisotopic (exact) mass is 411 g/mol. The molecule has 0 aliphatic carbocycles. The van der Waals surface area contributed by atoms with Gasteiger partial charge < -0.3 is 24.6 Å². The molecule has 0 unspecified atom stereocenters. The number of likely N-dealkylation sites (tertiary alicyclic amines) is 1. The van der Waals surface area contributed by atoms with Gasteiger partial charge in [-0.25, -0.2) is 4.79 Å². The highest BCUT2D eigenvalue weighted by atomic mass is 16.6. The third kappa shape index (κ3) is 7.38. The number of piperidine rings is 1. The van der Waals surface area contributed by atoms with E-state index < -0.39 is 5.60 Å². The van der Waals surface area contributed by atoms with Crippen molar-refractivity contribution < 1.29 is 19.1 Å². The molecule has 0 aromatic heterocycles. The largest absolute Gasteiger partial charge is 0.469 e. The second kappa shape index (κ2) is 10.7. The van der Waals surface area contributed by atoms with E-state index in [9.17, 15) is 9.59 Å². The van der Waals surface area contributed by atoms with E-state index in [0.29, 0.717) is 13.1 Å². The average Bonchev–Trinajstić information content (AvgIpc) is 2.70. The van der Waals surface area contributed by atoms with Gasteiger partial charge in [0.05, 0.1) is 13.0 Å². The number of hydrogen-bond donors (Lipinski definition) is 1. The molecule has 2 saturated heterocycles. The second-order valence-corrected chi connectivity index (χ2v) is 8.57. The molecule has 0 aromatic carbocycles. The number of carbonyl (C=O) groups is 2. The highest BCUT2D eigenvalue weighted by Crippen LogP contribution is 2.18. The molecule has 9 nitrogen and oxygen atoms in total. The number of methoxy groups -OCH3 is 1. The first-order valence-electron chi connectivity index (χ1n) is 10.5. The van der Waals surface area contributed by atoms with Crippen molar-refractivity contribution in [3.05, 3.63) is 0 Å². The van der Waals surface area contributed by atoms with Crippen molar-refractivity contribution in [3.8, 4) is 0 Å². The van der Waals surface area contributed by atoms with E-state index in [1.165, 1.54) is 7.11 Å². The van der Waals surface area contributed by atoms with Gasteiger partial charge in [-0.2, -0.15) is 0 Å². The van der Waals surface area contributed by atoms with Crippen LogP contribution in [0.4, 0.5) is 4.79 Å². The predicted molar refractivity (Wildman–Crippen MR) is 112 cm³/mol. The van der Waals surface area contributed by atoms with Crippen molar-refractivity contribution in [2.24, 2.45) is 10.9 Å². The number of aliphatic imine (C=N–C) groups is 1. The van der Waals surface area contributed by atoms with E-state index in [1.807, 2.05) is 20.8 Å². The van der Waals surface area contributed by atoms with Crippen molar-refractivity contribution in [3.63, 3.8) is 0 Å². The number of guanidine groups is 1. The Morgan fingerprint density at radius 2 is 1.66 bits per heavy atom. The lowest BCUT2D eigenvalue weighted by atomic mass is 9.97. The van der Waals surface area contributed by atoms with Gasteiger partial charge >= 0.3 is 12.1 Å². The standard InChI is InChI=1S/C20H37N5O4/c1-20(2,3)29-19(27)25-14-12-23(13-15-25)11-8-22-18(21-4)24-9-6-16(7-10-24)17(26)28-5/h16H,6-15H2,1-5H3,(H,21,22). The van der Waals surface area contributed by atoms with Crippen LogP contribution in [0.3, 0.4) is 0 Å². The Kier molecular flexibility index (Phi) is 8.55. The van der Waals surface area contributed by atoms with Gasteiger partial charge in [0.25, 0.3) is 0 Å². The molecule has 166 valence electrons. The van der Waals surface area contributed by atoms with Crippen molar-refractivity contribution >= 4 is 18.0 Å². The Hall–Kier alpha value is -2.03. The minimum absolute atomic E-state index is 0.00405. The molecule has 29 heavy (non-hydrogen) atoms. The summed E-state index contributed by atoms with van der Waals surface area (Å²) in [4.78, 5) is 34.5. The molecule has 0 bridgehead atoms. The molecule has 9 heteroatoms. The zero-order valence-electron chi connectivity index (χ0n) is 18.6. The summed E-state index contributed by atoms with van der Waals surface area (Å²) in [6.07, 6.45) is 1.35. The molecule has 0 spiro atoms. The number of esters is 1. The van der Waals surface area contributed by atoms with Gasteiger partial charge in [0, 0.05) is 59.4 Å². The van der Waals surface area contributed by atoms with E-state index >= 15 is 0 Å². The molecule has 0 aromatic rings. The van der Waals surface area contributed by atoms with Gasteiger partial charge in [-0.1, -0.05) is 0 Å². The van der Waals surface area contributed by atoms with Crippen LogP contribution in [-0.4, -0.2) is 105 Å². The Labute approximate surface area is 174 Å². The molecule has 2 heterocycles. The van der Waals surface area contributed by atoms with E-state index in [-0.39, 0.29) is 18.0 Å². The highest BCUT2D eigenvalue weighted by molar-refractivity contribution is 5.80. The topological polar surface area (TPSA) is 86.7 Å². The number of rotatable bonds is 4. The van der Waals surface area contributed by atoms with Gasteiger partial charge in [0.2, 0.25) is 0 Å². The summed E-state index contributed by atoms with van der Waals surface area (Å²) >= 11 is 0. The summed E-state index contributed by atoms with van der Waals surface area (Å²) < 4.78 is 10.3. The third-order valence-electron chi connectivity index (χ3n) is 5.28. The van der Waals surface area contributed by atoms with Gasteiger partial charge in [0.1, 0.15) is 5.60 Å². The Balaban J connectivity index is 1.67. The molecule has 0 radical (unpaired) electrons. The molecule has 1 amide bonds. The fraction of sp³-hybridized carbons (Fsp3) is 0.850. The number of ether oxygens (including phenoxy) is 2. The zero-order valence-corrected chi connectivity index (χ0v) is 18.6. The normalized spacial score (nSPS) is 19.8. The number of nitrogens with one attached hydrogen (secondary N) is 1. The fourth-order valence-corrected chi connectivity index (χ4v) is 3.63. The van der Waals surface area contributed by atoms with Gasteiger partial charge in [0.15, 0.2) is 5.96 Å². The van der Waals surface area contributed by atoms with E-state index in [0.717, 1.165) is 58.1 Å². The van der Waals surface area contributed by atoms with Crippen LogP contribution in [0.1, 0.15) is 33.6 Å². The van der Waals surface area contributed by atoms with Crippen molar-refractivity contribution in [2.75, 3.05) is 66.5 Å². The highest BCUT2D eigenvalue weighted by Gasteiger charge is 2.28. The van der Waals surface area contributed by atoms with Gasteiger partial charge in [-0.15, -0.1) is 0 Å². The number of carbonyl (C=O) groups excluding carboxylic acids is 2. The molecule has 2 rings (SSSR count). The maximum atomic E-state index is 12.1. The van der Waals surface area contributed by atoms with E-state index in [4.69, 9.17) is 9.47 Å². The molecule has 2 fully saturated rings. The third-order valence-corrected chi connectivity index (χ3v) is 5.28. The summed E-state index contributed by atoms with van der Waals surface area (Å²) in [5.41, 5.74) is -0.459. The second-order valence-electron chi connectivity index (χ2n) is 8.57. The smallest absolute Gasteiger partial charge is 0.410 e. The summed E-state index contributed by atoms with van der Waals surface area (Å²) in [5.74, 6) is 0.759. The van der Waals surface area contributed by atoms with E-state index in [2.05, 4.69) is 20.1 Å². The van der Waals surface area contributed by atoms with Crippen LogP contribution >= 0.6 is 0 Å². The first kappa shape index (κ1) is 23.3. The number of piperazine rings is 1. The minimum Gasteiger partial charge on any atom is -0.469 e. The van der Waals surface area contributed by atoms with Crippen LogP contribution in [0.15, 0.2) is 4.99 Å². The average molecular weight is 412 g/mol. The van der Waals surface area contributed by atoms with Crippen LogP contribution in [-0.2, 0) is 14.3 Å². The zero-order chi connectivity index (χ0) is 21.4. The molecule has 2 aliphatic rings. The number of amides is 1. The maximum absolute atomic E-state index is 12.1.